The van der Waals surface area contributed by atoms with Gasteiger partial charge in [0, 0.05) is 19.0 Å². The molecule has 1 saturated carbocycles. The Morgan fingerprint density at radius 1 is 1.31 bits per heavy atom. The summed E-state index contributed by atoms with van der Waals surface area (Å²) in [7, 11) is 0. The molecule has 2 aliphatic rings. The summed E-state index contributed by atoms with van der Waals surface area (Å²) in [5.41, 5.74) is 0. The fourth-order valence-corrected chi connectivity index (χ4v) is 2.87. The quantitative estimate of drug-likeness (QED) is 0.795. The van der Waals surface area contributed by atoms with Crippen molar-refractivity contribution in [2.45, 2.75) is 45.1 Å². The van der Waals surface area contributed by atoms with Gasteiger partial charge in [-0.2, -0.15) is 0 Å². The first-order valence-electron chi connectivity index (χ1n) is 6.67. The highest BCUT2D eigenvalue weighted by Gasteiger charge is 2.31. The van der Waals surface area contributed by atoms with E-state index in [1.54, 1.807) is 0 Å². The van der Waals surface area contributed by atoms with Crippen LogP contribution in [-0.4, -0.2) is 31.6 Å². The number of carbonyl (C=O) groups is 1. The van der Waals surface area contributed by atoms with Gasteiger partial charge in [-0.25, -0.2) is 0 Å². The van der Waals surface area contributed by atoms with Crippen molar-refractivity contribution >= 4 is 5.78 Å². The highest BCUT2D eigenvalue weighted by molar-refractivity contribution is 5.85. The van der Waals surface area contributed by atoms with E-state index in [9.17, 15) is 4.79 Å². The van der Waals surface area contributed by atoms with E-state index in [2.05, 4.69) is 12.2 Å². The van der Waals surface area contributed by atoms with E-state index in [0.717, 1.165) is 25.3 Å². The van der Waals surface area contributed by atoms with Crippen LogP contribution >= 0.6 is 0 Å². The maximum absolute atomic E-state index is 12.2. The predicted molar refractivity (Wildman–Crippen MR) is 63.4 cm³/mol. The first kappa shape index (κ1) is 12.1. The van der Waals surface area contributed by atoms with Crippen molar-refractivity contribution in [3.8, 4) is 0 Å². The molecule has 0 aromatic carbocycles. The number of carbonyl (C=O) groups excluding carboxylic acids is 1. The highest BCUT2D eigenvalue weighted by atomic mass is 16.5. The van der Waals surface area contributed by atoms with Crippen molar-refractivity contribution in [1.82, 2.24) is 5.32 Å². The van der Waals surface area contributed by atoms with Crippen LogP contribution in [-0.2, 0) is 9.53 Å². The summed E-state index contributed by atoms with van der Waals surface area (Å²) in [6.07, 6.45) is 5.72. The van der Waals surface area contributed by atoms with Gasteiger partial charge in [-0.05, 0) is 31.6 Å². The first-order chi connectivity index (χ1) is 7.81. The van der Waals surface area contributed by atoms with Gasteiger partial charge in [0.15, 0.2) is 5.78 Å². The number of morpholine rings is 1. The minimum absolute atomic E-state index is 0.170. The molecule has 3 heteroatoms. The summed E-state index contributed by atoms with van der Waals surface area (Å²) >= 11 is 0. The zero-order valence-corrected chi connectivity index (χ0v) is 10.2. The molecule has 0 aromatic rings. The average molecular weight is 225 g/mol. The standard InChI is InChI=1S/C13H23NO2/c1-2-10-3-5-11(6-4-10)13(15)12-9-14-7-8-16-12/h10-12,14H,2-9H2,1H3. The molecule has 3 nitrogen and oxygen atoms in total. The number of ether oxygens (including phenoxy) is 1. The molecule has 0 radical (unpaired) electrons. The largest absolute Gasteiger partial charge is 0.368 e. The molecule has 0 amide bonds. The molecule has 0 bridgehead atoms. The number of nitrogens with one attached hydrogen (secondary N) is 1. The van der Waals surface area contributed by atoms with E-state index in [4.69, 9.17) is 4.74 Å². The van der Waals surface area contributed by atoms with Crippen molar-refractivity contribution in [2.75, 3.05) is 19.7 Å². The summed E-state index contributed by atoms with van der Waals surface area (Å²) in [5, 5.41) is 3.23. The summed E-state index contributed by atoms with van der Waals surface area (Å²) in [4.78, 5) is 12.2. The summed E-state index contributed by atoms with van der Waals surface area (Å²) < 4.78 is 5.53. The van der Waals surface area contributed by atoms with Gasteiger partial charge in [-0.1, -0.05) is 13.3 Å². The SMILES string of the molecule is CCC1CCC(C(=O)C2CNCCO2)CC1. The molecule has 92 valence electrons. The lowest BCUT2D eigenvalue weighted by Gasteiger charge is -2.31. The lowest BCUT2D eigenvalue weighted by atomic mass is 9.78. The Hall–Kier alpha value is -0.410. The third-order valence-corrected chi connectivity index (χ3v) is 4.07. The van der Waals surface area contributed by atoms with Gasteiger partial charge in [-0.15, -0.1) is 0 Å². The maximum Gasteiger partial charge on any atom is 0.165 e. The highest BCUT2D eigenvalue weighted by Crippen LogP contribution is 2.32. The molecule has 1 unspecified atom stereocenters. The molecule has 0 spiro atoms. The van der Waals surface area contributed by atoms with Crippen LogP contribution in [0.1, 0.15) is 39.0 Å². The van der Waals surface area contributed by atoms with Gasteiger partial charge in [0.2, 0.25) is 0 Å². The van der Waals surface area contributed by atoms with Crippen LogP contribution in [0, 0.1) is 11.8 Å². The van der Waals surface area contributed by atoms with Crippen LogP contribution in [0.5, 0.6) is 0 Å². The second kappa shape index (κ2) is 5.78. The third kappa shape index (κ3) is 2.83. The molecule has 1 heterocycles. The second-order valence-corrected chi connectivity index (χ2v) is 5.09. The smallest absolute Gasteiger partial charge is 0.165 e. The number of ketones is 1. The Bertz CT molecular complexity index is 228. The zero-order valence-electron chi connectivity index (χ0n) is 10.2. The molecule has 0 aromatic heterocycles. The fraction of sp³-hybridized carbons (Fsp3) is 0.923. The van der Waals surface area contributed by atoms with E-state index in [0.29, 0.717) is 18.9 Å². The van der Waals surface area contributed by atoms with Crippen LogP contribution in [0.3, 0.4) is 0 Å². The molecule has 2 rings (SSSR count). The summed E-state index contributed by atoms with van der Waals surface area (Å²) in [6, 6.07) is 0. The van der Waals surface area contributed by atoms with E-state index in [1.165, 1.54) is 19.3 Å². The Morgan fingerprint density at radius 2 is 2.06 bits per heavy atom. The van der Waals surface area contributed by atoms with Crippen LogP contribution in [0.15, 0.2) is 0 Å². The number of hydrogen-bond acceptors (Lipinski definition) is 3. The molecule has 1 aliphatic carbocycles. The Balaban J connectivity index is 1.81. The maximum atomic E-state index is 12.2. The van der Waals surface area contributed by atoms with Crippen LogP contribution in [0.2, 0.25) is 0 Å². The van der Waals surface area contributed by atoms with Gasteiger partial charge in [0.25, 0.3) is 0 Å². The fourth-order valence-electron chi connectivity index (χ4n) is 2.87. The van der Waals surface area contributed by atoms with Gasteiger partial charge in [-0.3, -0.25) is 4.79 Å². The van der Waals surface area contributed by atoms with Crippen molar-refractivity contribution in [1.29, 1.82) is 0 Å². The molecule has 16 heavy (non-hydrogen) atoms. The van der Waals surface area contributed by atoms with Crippen LogP contribution in [0.25, 0.3) is 0 Å². The number of rotatable bonds is 3. The second-order valence-electron chi connectivity index (χ2n) is 5.09. The first-order valence-corrected chi connectivity index (χ1v) is 6.67. The van der Waals surface area contributed by atoms with Gasteiger partial charge in [0.1, 0.15) is 6.10 Å². The topological polar surface area (TPSA) is 38.3 Å². The Labute approximate surface area is 97.9 Å². The molecule has 1 saturated heterocycles. The van der Waals surface area contributed by atoms with Crippen molar-refractivity contribution < 1.29 is 9.53 Å². The zero-order chi connectivity index (χ0) is 11.4. The lowest BCUT2D eigenvalue weighted by molar-refractivity contribution is -0.137. The van der Waals surface area contributed by atoms with Crippen molar-refractivity contribution in [3.63, 3.8) is 0 Å². The van der Waals surface area contributed by atoms with Crippen LogP contribution in [0.4, 0.5) is 0 Å². The molecule has 1 N–H and O–H groups in total. The average Bonchev–Trinajstić information content (AvgIpc) is 2.39. The number of Topliss-reactive ketones (excluding diaryl/α,β-unsaturated/α-hetero) is 1. The minimum Gasteiger partial charge on any atom is -0.368 e. The van der Waals surface area contributed by atoms with Crippen molar-refractivity contribution in [3.05, 3.63) is 0 Å². The Kier molecular flexibility index (Phi) is 4.36. The van der Waals surface area contributed by atoms with Crippen molar-refractivity contribution in [2.24, 2.45) is 11.8 Å². The predicted octanol–water partition coefficient (Wildman–Crippen LogP) is 1.76. The van der Waals surface area contributed by atoms with E-state index >= 15 is 0 Å². The Morgan fingerprint density at radius 3 is 2.62 bits per heavy atom. The number of hydrogen-bond donors (Lipinski definition) is 1. The lowest BCUT2D eigenvalue weighted by Crippen LogP contribution is -2.45. The minimum atomic E-state index is -0.170. The van der Waals surface area contributed by atoms with Gasteiger partial charge >= 0.3 is 0 Å². The van der Waals surface area contributed by atoms with E-state index in [1.807, 2.05) is 0 Å². The van der Waals surface area contributed by atoms with Crippen LogP contribution < -0.4 is 5.32 Å². The van der Waals surface area contributed by atoms with E-state index < -0.39 is 0 Å². The van der Waals surface area contributed by atoms with E-state index in [-0.39, 0.29) is 12.0 Å². The van der Waals surface area contributed by atoms with Gasteiger partial charge in [0.05, 0.1) is 6.61 Å². The summed E-state index contributed by atoms with van der Waals surface area (Å²) in [6.45, 7) is 4.53. The molecular weight excluding hydrogens is 202 g/mol. The van der Waals surface area contributed by atoms with Gasteiger partial charge < -0.3 is 10.1 Å². The molecule has 2 fully saturated rings. The monoisotopic (exact) mass is 225 g/mol. The normalized spacial score (nSPS) is 35.9. The summed E-state index contributed by atoms with van der Waals surface area (Å²) in [5.74, 6) is 1.48. The molecular formula is C13H23NO2. The molecule has 1 aliphatic heterocycles. The third-order valence-electron chi connectivity index (χ3n) is 4.07. The molecule has 1 atom stereocenters.